The van der Waals surface area contributed by atoms with Crippen molar-refractivity contribution in [3.63, 3.8) is 0 Å². The topological polar surface area (TPSA) is 29.1 Å². The minimum absolute atomic E-state index is 0.0179. The monoisotopic (exact) mass is 253 g/mol. The molecule has 0 atom stereocenters. The van der Waals surface area contributed by atoms with E-state index in [2.05, 4.69) is 5.32 Å². The van der Waals surface area contributed by atoms with Crippen LogP contribution in [0.4, 0.5) is 8.78 Å². The highest BCUT2D eigenvalue weighted by Gasteiger charge is 2.27. The van der Waals surface area contributed by atoms with Crippen LogP contribution in [-0.4, -0.2) is 18.9 Å². The minimum Gasteiger partial charge on any atom is -0.317 e. The van der Waals surface area contributed by atoms with E-state index in [1.54, 1.807) is 0 Å². The van der Waals surface area contributed by atoms with Gasteiger partial charge in [-0.05, 0) is 44.9 Å². The number of hydrogen-bond donors (Lipinski definition) is 1. The van der Waals surface area contributed by atoms with Gasteiger partial charge in [-0.25, -0.2) is 8.78 Å². The van der Waals surface area contributed by atoms with Gasteiger partial charge in [0.25, 0.3) is 0 Å². The van der Waals surface area contributed by atoms with Crippen molar-refractivity contribution in [3.8, 4) is 0 Å². The summed E-state index contributed by atoms with van der Waals surface area (Å²) in [5.41, 5.74) is 0.0179. The maximum absolute atomic E-state index is 13.5. The number of nitrogens with one attached hydrogen (secondary N) is 1. The van der Waals surface area contributed by atoms with E-state index in [0.717, 1.165) is 37.8 Å². The van der Waals surface area contributed by atoms with Gasteiger partial charge in [-0.3, -0.25) is 4.79 Å². The van der Waals surface area contributed by atoms with Crippen LogP contribution in [0.5, 0.6) is 0 Å². The van der Waals surface area contributed by atoms with Gasteiger partial charge in [0.1, 0.15) is 11.6 Å². The molecule has 1 saturated carbocycles. The van der Waals surface area contributed by atoms with Gasteiger partial charge in [0.15, 0.2) is 5.78 Å². The van der Waals surface area contributed by atoms with Crippen molar-refractivity contribution in [1.82, 2.24) is 5.32 Å². The van der Waals surface area contributed by atoms with Gasteiger partial charge in [0, 0.05) is 18.0 Å². The molecular weight excluding hydrogens is 236 g/mol. The van der Waals surface area contributed by atoms with E-state index in [4.69, 9.17) is 0 Å². The molecule has 0 aliphatic heterocycles. The molecule has 1 fully saturated rings. The second-order valence-electron chi connectivity index (χ2n) is 4.83. The van der Waals surface area contributed by atoms with E-state index in [0.29, 0.717) is 6.04 Å². The Kier molecular flexibility index (Phi) is 4.07. The van der Waals surface area contributed by atoms with Crippen molar-refractivity contribution in [2.45, 2.75) is 31.7 Å². The average Bonchev–Trinajstić information content (AvgIpc) is 2.38. The highest BCUT2D eigenvalue weighted by Crippen LogP contribution is 2.28. The highest BCUT2D eigenvalue weighted by atomic mass is 19.1. The van der Waals surface area contributed by atoms with E-state index in [1.165, 1.54) is 6.07 Å². The molecule has 0 bridgehead atoms. The van der Waals surface area contributed by atoms with Crippen molar-refractivity contribution in [2.24, 2.45) is 5.92 Å². The third kappa shape index (κ3) is 2.75. The summed E-state index contributed by atoms with van der Waals surface area (Å²) in [7, 11) is 1.91. The molecule has 1 aliphatic carbocycles. The van der Waals surface area contributed by atoms with Crippen LogP contribution in [-0.2, 0) is 0 Å². The molecule has 0 heterocycles. The molecule has 1 aromatic carbocycles. The molecule has 0 unspecified atom stereocenters. The van der Waals surface area contributed by atoms with Crippen LogP contribution in [0.15, 0.2) is 18.2 Å². The van der Waals surface area contributed by atoms with Crippen LogP contribution in [0.25, 0.3) is 0 Å². The molecule has 1 N–H and O–H groups in total. The first-order valence-corrected chi connectivity index (χ1v) is 6.28. The quantitative estimate of drug-likeness (QED) is 0.839. The Morgan fingerprint density at radius 3 is 2.44 bits per heavy atom. The zero-order valence-corrected chi connectivity index (χ0v) is 10.4. The van der Waals surface area contributed by atoms with Crippen LogP contribution in [0.1, 0.15) is 36.0 Å². The second-order valence-corrected chi connectivity index (χ2v) is 4.83. The molecule has 4 heteroatoms. The summed E-state index contributed by atoms with van der Waals surface area (Å²) in [6, 6.07) is 3.60. The summed E-state index contributed by atoms with van der Waals surface area (Å²) >= 11 is 0. The molecular formula is C14H17F2NO. The number of Topliss-reactive ketones (excluding diaryl/α,β-unsaturated/α-hetero) is 1. The highest BCUT2D eigenvalue weighted by molar-refractivity contribution is 5.98. The van der Waals surface area contributed by atoms with Crippen LogP contribution >= 0.6 is 0 Å². The molecule has 2 rings (SSSR count). The lowest BCUT2D eigenvalue weighted by Crippen LogP contribution is -2.32. The normalized spacial score (nSPS) is 23.9. The van der Waals surface area contributed by atoms with Crippen molar-refractivity contribution >= 4 is 5.78 Å². The fourth-order valence-electron chi connectivity index (χ4n) is 2.55. The SMILES string of the molecule is CNC1CCC(C(=O)c2ccc(F)cc2F)CC1. The van der Waals surface area contributed by atoms with Gasteiger partial charge in [-0.2, -0.15) is 0 Å². The Hall–Kier alpha value is -1.29. The number of carbonyl (C=O) groups excluding carboxylic acids is 1. The van der Waals surface area contributed by atoms with Crippen molar-refractivity contribution in [3.05, 3.63) is 35.4 Å². The van der Waals surface area contributed by atoms with Crippen LogP contribution in [0, 0.1) is 17.6 Å². The zero-order chi connectivity index (χ0) is 13.1. The Morgan fingerprint density at radius 2 is 1.89 bits per heavy atom. The predicted octanol–water partition coefficient (Wildman–Crippen LogP) is 2.93. The lowest BCUT2D eigenvalue weighted by Gasteiger charge is -2.27. The van der Waals surface area contributed by atoms with Gasteiger partial charge < -0.3 is 5.32 Å². The summed E-state index contributed by atoms with van der Waals surface area (Å²) in [5.74, 6) is -1.73. The smallest absolute Gasteiger partial charge is 0.168 e. The Morgan fingerprint density at radius 1 is 1.22 bits per heavy atom. The first kappa shape index (κ1) is 13.1. The van der Waals surface area contributed by atoms with Gasteiger partial charge >= 0.3 is 0 Å². The molecule has 0 radical (unpaired) electrons. The van der Waals surface area contributed by atoms with E-state index < -0.39 is 11.6 Å². The number of benzene rings is 1. The Balaban J connectivity index is 2.08. The first-order valence-electron chi connectivity index (χ1n) is 6.28. The summed E-state index contributed by atoms with van der Waals surface area (Å²) in [5, 5.41) is 3.19. The predicted molar refractivity (Wildman–Crippen MR) is 65.5 cm³/mol. The standard InChI is InChI=1S/C14H17F2NO/c1-17-11-5-2-9(3-6-11)14(18)12-7-4-10(15)8-13(12)16/h4,7-9,11,17H,2-3,5-6H2,1H3. The number of rotatable bonds is 3. The van der Waals surface area contributed by atoms with Crippen LogP contribution in [0.3, 0.4) is 0 Å². The molecule has 0 saturated heterocycles. The molecule has 0 aromatic heterocycles. The number of hydrogen-bond acceptors (Lipinski definition) is 2. The van der Waals surface area contributed by atoms with E-state index in [1.807, 2.05) is 7.05 Å². The lowest BCUT2D eigenvalue weighted by atomic mass is 9.81. The lowest BCUT2D eigenvalue weighted by molar-refractivity contribution is 0.0876. The van der Waals surface area contributed by atoms with E-state index in [-0.39, 0.29) is 17.3 Å². The van der Waals surface area contributed by atoms with Gasteiger partial charge in [-0.15, -0.1) is 0 Å². The van der Waals surface area contributed by atoms with E-state index in [9.17, 15) is 13.6 Å². The minimum atomic E-state index is -0.754. The number of halogens is 2. The molecule has 0 spiro atoms. The third-order valence-corrected chi connectivity index (χ3v) is 3.70. The summed E-state index contributed by atoms with van der Waals surface area (Å²) in [4.78, 5) is 12.1. The molecule has 98 valence electrons. The second kappa shape index (κ2) is 5.57. The Labute approximate surface area is 105 Å². The van der Waals surface area contributed by atoms with Crippen LogP contribution in [0.2, 0.25) is 0 Å². The Bertz CT molecular complexity index is 439. The summed E-state index contributed by atoms with van der Waals surface area (Å²) < 4.78 is 26.3. The fourth-order valence-corrected chi connectivity index (χ4v) is 2.55. The van der Waals surface area contributed by atoms with Crippen molar-refractivity contribution < 1.29 is 13.6 Å². The molecule has 1 aliphatic rings. The average molecular weight is 253 g/mol. The maximum Gasteiger partial charge on any atom is 0.168 e. The van der Waals surface area contributed by atoms with E-state index >= 15 is 0 Å². The fraction of sp³-hybridized carbons (Fsp3) is 0.500. The number of ketones is 1. The summed E-state index contributed by atoms with van der Waals surface area (Å²) in [6.07, 6.45) is 3.38. The van der Waals surface area contributed by atoms with Crippen LogP contribution < -0.4 is 5.32 Å². The number of carbonyl (C=O) groups is 1. The largest absolute Gasteiger partial charge is 0.317 e. The molecule has 0 amide bonds. The molecule has 1 aromatic rings. The van der Waals surface area contributed by atoms with Crippen molar-refractivity contribution in [1.29, 1.82) is 0 Å². The van der Waals surface area contributed by atoms with Gasteiger partial charge in [0.05, 0.1) is 5.56 Å². The van der Waals surface area contributed by atoms with Crippen molar-refractivity contribution in [2.75, 3.05) is 7.05 Å². The molecule has 2 nitrogen and oxygen atoms in total. The maximum atomic E-state index is 13.5. The zero-order valence-electron chi connectivity index (χ0n) is 10.4. The molecule has 18 heavy (non-hydrogen) atoms. The van der Waals surface area contributed by atoms with Gasteiger partial charge in [0.2, 0.25) is 0 Å². The van der Waals surface area contributed by atoms with Gasteiger partial charge in [-0.1, -0.05) is 0 Å². The summed E-state index contributed by atoms with van der Waals surface area (Å²) in [6.45, 7) is 0. The third-order valence-electron chi connectivity index (χ3n) is 3.70. The first-order chi connectivity index (χ1) is 8.61.